The maximum absolute atomic E-state index is 13.8. The molecule has 0 aromatic heterocycles. The molecule has 2 aromatic rings. The molecule has 2 aromatic carbocycles. The van der Waals surface area contributed by atoms with Crippen molar-refractivity contribution in [3.63, 3.8) is 0 Å². The van der Waals surface area contributed by atoms with Crippen molar-refractivity contribution in [2.24, 2.45) is 5.92 Å². The number of aryl methyl sites for hydroxylation is 1. The number of sulfonamides is 1. The van der Waals surface area contributed by atoms with E-state index in [2.05, 4.69) is 5.32 Å². The Balaban J connectivity index is 1.54. The van der Waals surface area contributed by atoms with Gasteiger partial charge in [-0.25, -0.2) is 17.1 Å². The fourth-order valence-corrected chi connectivity index (χ4v) is 5.15. The lowest BCUT2D eigenvalue weighted by Crippen LogP contribution is -2.43. The van der Waals surface area contributed by atoms with Crippen LogP contribution in [0, 0.1) is 18.7 Å². The Bertz CT molecular complexity index is 952. The molecule has 0 bridgehead atoms. The van der Waals surface area contributed by atoms with Gasteiger partial charge in [-0.3, -0.25) is 4.79 Å². The quantitative estimate of drug-likeness (QED) is 0.780. The van der Waals surface area contributed by atoms with Gasteiger partial charge in [-0.15, -0.1) is 0 Å². The largest absolute Gasteiger partial charge is 0.349 e. The zero-order valence-electron chi connectivity index (χ0n) is 16.8. The Labute approximate surface area is 172 Å². The molecule has 1 aliphatic heterocycles. The first-order chi connectivity index (χ1) is 13.8. The van der Waals surface area contributed by atoms with Crippen LogP contribution in [0.15, 0.2) is 48.5 Å². The first-order valence-corrected chi connectivity index (χ1v) is 11.5. The third-order valence-corrected chi connectivity index (χ3v) is 7.28. The van der Waals surface area contributed by atoms with E-state index in [1.165, 1.54) is 22.5 Å². The summed E-state index contributed by atoms with van der Waals surface area (Å²) in [5.74, 6) is -1.15. The van der Waals surface area contributed by atoms with Crippen LogP contribution in [0.5, 0.6) is 0 Å². The number of hydrogen-bond donors (Lipinski definition) is 1. The molecule has 0 radical (unpaired) electrons. The number of nitrogens with one attached hydrogen (secondary N) is 1. The number of amides is 1. The Morgan fingerprint density at radius 2 is 1.76 bits per heavy atom. The number of halogens is 1. The lowest BCUT2D eigenvalue weighted by Gasteiger charge is -2.31. The fourth-order valence-electron chi connectivity index (χ4n) is 3.57. The smallest absolute Gasteiger partial charge is 0.223 e. The first-order valence-electron chi connectivity index (χ1n) is 9.84. The highest BCUT2D eigenvalue weighted by Gasteiger charge is 2.32. The molecular weight excluding hydrogens is 391 g/mol. The molecule has 1 saturated heterocycles. The summed E-state index contributed by atoms with van der Waals surface area (Å²) >= 11 is 0. The van der Waals surface area contributed by atoms with Gasteiger partial charge in [-0.1, -0.05) is 48.0 Å². The van der Waals surface area contributed by atoms with E-state index in [-0.39, 0.29) is 42.3 Å². The molecule has 1 aliphatic rings. The lowest BCUT2D eigenvalue weighted by atomic mass is 9.96. The maximum Gasteiger partial charge on any atom is 0.223 e. The van der Waals surface area contributed by atoms with E-state index in [1.807, 2.05) is 38.1 Å². The highest BCUT2D eigenvalue weighted by atomic mass is 32.2. The van der Waals surface area contributed by atoms with Crippen LogP contribution in [0.3, 0.4) is 0 Å². The maximum atomic E-state index is 13.8. The van der Waals surface area contributed by atoms with Crippen LogP contribution in [0.2, 0.25) is 0 Å². The molecule has 1 amide bonds. The third-order valence-electron chi connectivity index (χ3n) is 5.45. The van der Waals surface area contributed by atoms with Gasteiger partial charge in [0, 0.05) is 24.6 Å². The molecule has 5 nitrogen and oxygen atoms in total. The Kier molecular flexibility index (Phi) is 6.70. The third kappa shape index (κ3) is 5.42. The molecule has 156 valence electrons. The van der Waals surface area contributed by atoms with Gasteiger partial charge in [0.25, 0.3) is 0 Å². The average Bonchev–Trinajstić information content (AvgIpc) is 2.70. The number of carbonyl (C=O) groups is 1. The van der Waals surface area contributed by atoms with Crippen LogP contribution in [0.4, 0.5) is 4.39 Å². The van der Waals surface area contributed by atoms with Crippen molar-refractivity contribution < 1.29 is 17.6 Å². The average molecular weight is 419 g/mol. The van der Waals surface area contributed by atoms with E-state index in [1.54, 1.807) is 6.07 Å². The molecular formula is C22H27FN2O3S. The zero-order chi connectivity index (χ0) is 21.0. The number of carbonyl (C=O) groups excluding carboxylic acids is 1. The molecule has 0 spiro atoms. The zero-order valence-corrected chi connectivity index (χ0v) is 17.6. The minimum absolute atomic E-state index is 0.0516. The van der Waals surface area contributed by atoms with Crippen LogP contribution >= 0.6 is 0 Å². The van der Waals surface area contributed by atoms with Crippen LogP contribution in [-0.4, -0.2) is 31.7 Å². The second-order valence-electron chi connectivity index (χ2n) is 7.66. The van der Waals surface area contributed by atoms with E-state index in [9.17, 15) is 17.6 Å². The van der Waals surface area contributed by atoms with Gasteiger partial charge in [0.05, 0.1) is 11.8 Å². The van der Waals surface area contributed by atoms with Gasteiger partial charge in [-0.05, 0) is 38.3 Å². The van der Waals surface area contributed by atoms with Crippen LogP contribution in [-0.2, 0) is 20.6 Å². The molecule has 29 heavy (non-hydrogen) atoms. The molecule has 0 aliphatic carbocycles. The second-order valence-corrected chi connectivity index (χ2v) is 9.63. The molecule has 1 fully saturated rings. The summed E-state index contributed by atoms with van der Waals surface area (Å²) in [4.78, 5) is 12.6. The second kappa shape index (κ2) is 9.05. The molecule has 7 heteroatoms. The van der Waals surface area contributed by atoms with Crippen LogP contribution in [0.25, 0.3) is 0 Å². The minimum atomic E-state index is -3.62. The van der Waals surface area contributed by atoms with E-state index in [0.29, 0.717) is 12.8 Å². The number of piperidine rings is 1. The Hall–Kier alpha value is -2.25. The van der Waals surface area contributed by atoms with Crippen LogP contribution in [0.1, 0.15) is 42.5 Å². The molecule has 1 N–H and O–H groups in total. The first kappa shape index (κ1) is 21.5. The number of hydrogen-bond acceptors (Lipinski definition) is 3. The summed E-state index contributed by atoms with van der Waals surface area (Å²) in [7, 11) is -3.62. The highest BCUT2D eigenvalue weighted by Crippen LogP contribution is 2.24. The number of benzene rings is 2. The van der Waals surface area contributed by atoms with E-state index in [4.69, 9.17) is 0 Å². The van der Waals surface area contributed by atoms with Gasteiger partial charge >= 0.3 is 0 Å². The summed E-state index contributed by atoms with van der Waals surface area (Å²) in [6.45, 7) is 4.50. The summed E-state index contributed by atoms with van der Waals surface area (Å²) in [5.41, 5.74) is 2.37. The van der Waals surface area contributed by atoms with Gasteiger partial charge in [-0.2, -0.15) is 0 Å². The van der Waals surface area contributed by atoms with Crippen molar-refractivity contribution in [1.82, 2.24) is 9.62 Å². The van der Waals surface area contributed by atoms with E-state index in [0.717, 1.165) is 11.1 Å². The van der Waals surface area contributed by atoms with Crippen molar-refractivity contribution >= 4 is 15.9 Å². The molecule has 0 saturated carbocycles. The predicted octanol–water partition coefficient (Wildman–Crippen LogP) is 3.55. The Morgan fingerprint density at radius 1 is 1.14 bits per heavy atom. The minimum Gasteiger partial charge on any atom is -0.349 e. The van der Waals surface area contributed by atoms with Crippen molar-refractivity contribution in [3.8, 4) is 0 Å². The number of nitrogens with zero attached hydrogens (tertiary/aromatic N) is 1. The van der Waals surface area contributed by atoms with Gasteiger partial charge in [0.15, 0.2) is 0 Å². The predicted molar refractivity (Wildman–Crippen MR) is 111 cm³/mol. The van der Waals surface area contributed by atoms with Crippen molar-refractivity contribution in [2.75, 3.05) is 13.1 Å². The number of rotatable bonds is 6. The summed E-state index contributed by atoms with van der Waals surface area (Å²) in [6.07, 6.45) is 0.923. The lowest BCUT2D eigenvalue weighted by molar-refractivity contribution is -0.126. The fraction of sp³-hybridized carbons (Fsp3) is 0.409. The van der Waals surface area contributed by atoms with Crippen molar-refractivity contribution in [3.05, 3.63) is 71.0 Å². The summed E-state index contributed by atoms with van der Waals surface area (Å²) in [6, 6.07) is 13.8. The summed E-state index contributed by atoms with van der Waals surface area (Å²) in [5, 5.41) is 3.03. The van der Waals surface area contributed by atoms with Gasteiger partial charge < -0.3 is 5.32 Å². The standard InChI is InChI=1S/C22H27FN2O3S/c1-16-7-9-18(10-8-16)17(2)24-22(26)19-11-13-25(14-12-19)29(27,28)15-20-5-3-4-6-21(20)23/h3-10,17,19H,11-15H2,1-2H3,(H,24,26). The molecule has 1 heterocycles. The van der Waals surface area contributed by atoms with Crippen molar-refractivity contribution in [1.29, 1.82) is 0 Å². The normalized spacial score (nSPS) is 17.1. The molecule has 3 rings (SSSR count). The SMILES string of the molecule is Cc1ccc(C(C)NC(=O)C2CCN(S(=O)(=O)Cc3ccccc3F)CC2)cc1. The molecule has 1 atom stereocenters. The van der Waals surface area contributed by atoms with E-state index < -0.39 is 15.8 Å². The van der Waals surface area contributed by atoms with E-state index >= 15 is 0 Å². The topological polar surface area (TPSA) is 66.5 Å². The monoisotopic (exact) mass is 418 g/mol. The molecule has 1 unspecified atom stereocenters. The van der Waals surface area contributed by atoms with Gasteiger partial charge in [0.2, 0.25) is 15.9 Å². The Morgan fingerprint density at radius 3 is 2.38 bits per heavy atom. The highest BCUT2D eigenvalue weighted by molar-refractivity contribution is 7.88. The summed E-state index contributed by atoms with van der Waals surface area (Å²) < 4.78 is 40.4. The van der Waals surface area contributed by atoms with Crippen LogP contribution < -0.4 is 5.32 Å². The van der Waals surface area contributed by atoms with Crippen molar-refractivity contribution in [2.45, 2.75) is 38.5 Å². The van der Waals surface area contributed by atoms with Gasteiger partial charge in [0.1, 0.15) is 5.82 Å².